The average Bonchev–Trinajstić information content (AvgIpc) is 2.76. The number of hydrogen-bond acceptors (Lipinski definition) is 5. The van der Waals surface area contributed by atoms with E-state index >= 15 is 0 Å². The van der Waals surface area contributed by atoms with E-state index in [2.05, 4.69) is 26.8 Å². The van der Waals surface area contributed by atoms with E-state index in [-0.39, 0.29) is 18.1 Å². The van der Waals surface area contributed by atoms with Gasteiger partial charge in [0.2, 0.25) is 0 Å². The monoisotopic (exact) mass is 442 g/mol. The number of carbonyl (C=O) groups is 1. The normalized spacial score (nSPS) is 27.6. The molecule has 3 rings (SSSR count). The number of benzene rings is 1. The molecule has 0 aromatic heterocycles. The fourth-order valence-electron chi connectivity index (χ4n) is 5.59. The van der Waals surface area contributed by atoms with Gasteiger partial charge in [0, 0.05) is 6.54 Å². The molecule has 4 atom stereocenters. The van der Waals surface area contributed by atoms with Crippen LogP contribution in [0, 0.1) is 35.0 Å². The zero-order valence-electron chi connectivity index (χ0n) is 20.6. The summed E-state index contributed by atoms with van der Waals surface area (Å²) < 4.78 is 17.2. The molecule has 1 heterocycles. The summed E-state index contributed by atoms with van der Waals surface area (Å²) in [4.78, 5) is 15.3. The summed E-state index contributed by atoms with van der Waals surface area (Å²) in [7, 11) is 3.19. The van der Waals surface area contributed by atoms with E-state index in [0.29, 0.717) is 42.2 Å². The number of ether oxygens (including phenoxy) is 3. The second kappa shape index (κ2) is 9.60. The molecule has 2 aliphatic rings. The van der Waals surface area contributed by atoms with Gasteiger partial charge in [-0.25, -0.2) is 4.79 Å². The molecule has 1 aliphatic heterocycles. The van der Waals surface area contributed by atoms with Crippen molar-refractivity contribution in [2.45, 2.75) is 71.9 Å². The van der Waals surface area contributed by atoms with Crippen LogP contribution in [0.2, 0.25) is 0 Å². The Morgan fingerprint density at radius 2 is 1.81 bits per heavy atom. The van der Waals surface area contributed by atoms with Crippen LogP contribution in [0.1, 0.15) is 65.0 Å². The van der Waals surface area contributed by atoms with Crippen molar-refractivity contribution >= 4 is 6.09 Å². The fraction of sp³-hybridized carbons (Fsp3) is 0.692. The Morgan fingerprint density at radius 1 is 1.16 bits per heavy atom. The summed E-state index contributed by atoms with van der Waals surface area (Å²) in [5.74, 6) is 2.39. The van der Waals surface area contributed by atoms with Crippen LogP contribution in [0.4, 0.5) is 4.79 Å². The first-order chi connectivity index (χ1) is 15.2. The number of hydrogen-bond donors (Lipinski definition) is 0. The largest absolute Gasteiger partial charge is 0.493 e. The summed E-state index contributed by atoms with van der Waals surface area (Å²) in [6, 6.07) is 6.29. The number of amides is 1. The molecule has 6 nitrogen and oxygen atoms in total. The molecule has 1 aliphatic carbocycles. The van der Waals surface area contributed by atoms with Crippen LogP contribution in [-0.4, -0.2) is 37.9 Å². The minimum atomic E-state index is -1.13. The highest BCUT2D eigenvalue weighted by Gasteiger charge is 2.50. The first-order valence-electron chi connectivity index (χ1n) is 11.8. The molecule has 0 N–H and O–H groups in total. The number of nitrogens with zero attached hydrogens (tertiary/aromatic N) is 2. The number of methoxy groups -OCH3 is 2. The lowest BCUT2D eigenvalue weighted by Gasteiger charge is -2.47. The Kier molecular flexibility index (Phi) is 7.27. The van der Waals surface area contributed by atoms with Gasteiger partial charge in [0.05, 0.1) is 20.3 Å². The molecule has 176 valence electrons. The molecule has 0 unspecified atom stereocenters. The first kappa shape index (κ1) is 24.2. The highest BCUT2D eigenvalue weighted by Crippen LogP contribution is 2.46. The van der Waals surface area contributed by atoms with E-state index in [4.69, 9.17) is 14.2 Å². The molecule has 1 saturated carbocycles. The van der Waals surface area contributed by atoms with Gasteiger partial charge >= 0.3 is 6.09 Å². The summed E-state index contributed by atoms with van der Waals surface area (Å²) in [6.45, 7) is 11.0. The summed E-state index contributed by atoms with van der Waals surface area (Å²) in [5.41, 5.74) is 0.680. The molecular formula is C26H38N2O4. The third-order valence-electron chi connectivity index (χ3n) is 7.49. The molecule has 1 fully saturated rings. The molecule has 0 radical (unpaired) electrons. The van der Waals surface area contributed by atoms with E-state index < -0.39 is 5.54 Å². The fourth-order valence-corrected chi connectivity index (χ4v) is 5.59. The zero-order chi connectivity index (χ0) is 23.6. The van der Waals surface area contributed by atoms with Crippen LogP contribution in [0.25, 0.3) is 0 Å². The van der Waals surface area contributed by atoms with Crippen LogP contribution < -0.4 is 9.47 Å². The minimum absolute atomic E-state index is 0.110. The molecule has 1 aromatic rings. The smallest absolute Gasteiger partial charge is 0.411 e. The lowest BCUT2D eigenvalue weighted by molar-refractivity contribution is -0.0288. The molecule has 32 heavy (non-hydrogen) atoms. The predicted octanol–water partition coefficient (Wildman–Crippen LogP) is 5.53. The zero-order valence-corrected chi connectivity index (χ0v) is 20.6. The number of nitriles is 1. The molecule has 0 bridgehead atoms. The second-order valence-corrected chi connectivity index (χ2v) is 10.0. The van der Waals surface area contributed by atoms with Crippen molar-refractivity contribution in [2.75, 3.05) is 20.8 Å². The van der Waals surface area contributed by atoms with Crippen molar-refractivity contribution in [2.24, 2.45) is 23.7 Å². The Balaban J connectivity index is 2.00. The van der Waals surface area contributed by atoms with Gasteiger partial charge in [-0.05, 0) is 66.2 Å². The summed E-state index contributed by atoms with van der Waals surface area (Å²) in [5, 5.41) is 10.5. The molecule has 1 amide bonds. The Labute approximate surface area is 192 Å². The van der Waals surface area contributed by atoms with Crippen LogP contribution in [-0.2, 0) is 16.7 Å². The van der Waals surface area contributed by atoms with Crippen molar-refractivity contribution in [3.8, 4) is 17.6 Å². The maximum atomic E-state index is 13.6. The molecule has 1 aromatic carbocycles. The van der Waals surface area contributed by atoms with Gasteiger partial charge in [0.15, 0.2) is 17.0 Å². The predicted molar refractivity (Wildman–Crippen MR) is 124 cm³/mol. The maximum absolute atomic E-state index is 13.6. The SMILES string of the molecule is COc1cc2c(cc1OC)[C@](C#N)(C(C)C)N(C(=O)O[C@@H]1C[C@H](C)CC[C@H]1C(C)C)CC2. The van der Waals surface area contributed by atoms with Gasteiger partial charge < -0.3 is 14.2 Å². The van der Waals surface area contributed by atoms with Crippen LogP contribution in [0.3, 0.4) is 0 Å². The van der Waals surface area contributed by atoms with Crippen molar-refractivity contribution in [3.05, 3.63) is 23.3 Å². The Hall–Kier alpha value is -2.42. The number of fused-ring (bicyclic) bond motifs is 1. The lowest BCUT2D eigenvalue weighted by Crippen LogP contribution is -2.56. The van der Waals surface area contributed by atoms with Crippen molar-refractivity contribution in [1.82, 2.24) is 4.90 Å². The summed E-state index contributed by atoms with van der Waals surface area (Å²) in [6.07, 6.45) is 3.27. The third-order valence-corrected chi connectivity index (χ3v) is 7.49. The molecule has 0 spiro atoms. The van der Waals surface area contributed by atoms with Gasteiger partial charge in [0.25, 0.3) is 0 Å². The minimum Gasteiger partial charge on any atom is -0.493 e. The van der Waals surface area contributed by atoms with E-state index in [1.54, 1.807) is 19.1 Å². The van der Waals surface area contributed by atoms with Gasteiger partial charge in [-0.2, -0.15) is 5.26 Å². The topological polar surface area (TPSA) is 71.8 Å². The highest BCUT2D eigenvalue weighted by molar-refractivity contribution is 5.72. The summed E-state index contributed by atoms with van der Waals surface area (Å²) >= 11 is 0. The van der Waals surface area contributed by atoms with Gasteiger partial charge in [0.1, 0.15) is 6.10 Å². The third kappa shape index (κ3) is 4.14. The van der Waals surface area contributed by atoms with Crippen LogP contribution >= 0.6 is 0 Å². The van der Waals surface area contributed by atoms with Crippen molar-refractivity contribution in [3.63, 3.8) is 0 Å². The number of carbonyl (C=O) groups excluding carboxylic acids is 1. The van der Waals surface area contributed by atoms with Gasteiger partial charge in [-0.3, -0.25) is 4.90 Å². The van der Waals surface area contributed by atoms with E-state index in [9.17, 15) is 10.1 Å². The maximum Gasteiger partial charge on any atom is 0.411 e. The van der Waals surface area contributed by atoms with Gasteiger partial charge in [-0.1, -0.05) is 41.0 Å². The second-order valence-electron chi connectivity index (χ2n) is 10.0. The van der Waals surface area contributed by atoms with E-state index in [1.165, 1.54) is 6.42 Å². The first-order valence-corrected chi connectivity index (χ1v) is 11.8. The van der Waals surface area contributed by atoms with E-state index in [1.807, 2.05) is 26.0 Å². The van der Waals surface area contributed by atoms with Crippen LogP contribution in [0.15, 0.2) is 12.1 Å². The molecule has 0 saturated heterocycles. The Morgan fingerprint density at radius 3 is 2.38 bits per heavy atom. The van der Waals surface area contributed by atoms with E-state index in [0.717, 1.165) is 24.0 Å². The highest BCUT2D eigenvalue weighted by atomic mass is 16.6. The van der Waals surface area contributed by atoms with Crippen molar-refractivity contribution in [1.29, 1.82) is 5.26 Å². The lowest BCUT2D eigenvalue weighted by atomic mass is 9.74. The standard InChI is InChI=1S/C26H38N2O4/c1-16(2)20-9-8-18(5)12-22(20)32-25(29)28-11-10-19-13-23(30-6)24(31-7)14-21(19)26(28,15-27)17(3)4/h13-14,16-18,20,22H,8-12H2,1-7H3/t18-,20+,22-,26+/m1/s1. The number of rotatable bonds is 5. The van der Waals surface area contributed by atoms with Gasteiger partial charge in [-0.15, -0.1) is 0 Å². The quantitative estimate of drug-likeness (QED) is 0.599. The molecular weight excluding hydrogens is 404 g/mol. The van der Waals surface area contributed by atoms with Crippen molar-refractivity contribution < 1.29 is 19.0 Å². The average molecular weight is 443 g/mol. The Bertz CT molecular complexity index is 875. The molecule has 6 heteroatoms. The van der Waals surface area contributed by atoms with Crippen LogP contribution in [0.5, 0.6) is 11.5 Å².